The first-order valence-corrected chi connectivity index (χ1v) is 18.7. The smallest absolute Gasteiger partial charge is 0.337 e. The highest BCUT2D eigenvalue weighted by atomic mass is 32.1. The standard InChI is InChI=1S/C43H39F2N5O4S/c1-3-46-42(52)47-31-17-15-30(16-18-31)39-35(25-48(2)24-23-28-11-7-12-28)38-40(51)50(32-19-21-33(22-20-32)54-27-29-9-5-4-6-10-29)43(53)49(41(38)55-39)26-34-36(44)13-8-14-37(34)45/h4-22H,3,23-27H2,1-2H3,(H2,46,47,52). The van der Waals surface area contributed by atoms with Gasteiger partial charge >= 0.3 is 11.7 Å². The average Bonchev–Trinajstić information content (AvgIpc) is 3.53. The summed E-state index contributed by atoms with van der Waals surface area (Å²) in [4.78, 5) is 44.6. The zero-order valence-corrected chi connectivity index (χ0v) is 31.2. The fourth-order valence-electron chi connectivity index (χ4n) is 6.40. The highest BCUT2D eigenvalue weighted by molar-refractivity contribution is 7.22. The van der Waals surface area contributed by atoms with Gasteiger partial charge in [-0.2, -0.15) is 0 Å². The van der Waals surface area contributed by atoms with Gasteiger partial charge in [0.05, 0.1) is 17.6 Å². The van der Waals surface area contributed by atoms with Crippen molar-refractivity contribution in [1.29, 1.82) is 0 Å². The van der Waals surface area contributed by atoms with Crippen LogP contribution in [0.15, 0.2) is 130 Å². The number of rotatable bonds is 14. The predicted octanol–water partition coefficient (Wildman–Crippen LogP) is 8.25. The highest BCUT2D eigenvalue weighted by Crippen LogP contribution is 2.39. The highest BCUT2D eigenvalue weighted by Gasteiger charge is 2.26. The van der Waals surface area contributed by atoms with Crippen molar-refractivity contribution in [2.45, 2.75) is 33.0 Å². The van der Waals surface area contributed by atoms with Crippen molar-refractivity contribution in [3.63, 3.8) is 0 Å². The first kappa shape index (κ1) is 37.2. The van der Waals surface area contributed by atoms with Crippen LogP contribution in [0.5, 0.6) is 5.75 Å². The Morgan fingerprint density at radius 3 is 2.25 bits per heavy atom. The van der Waals surface area contributed by atoms with Crippen molar-refractivity contribution in [3.05, 3.63) is 170 Å². The van der Waals surface area contributed by atoms with Crippen LogP contribution >= 0.6 is 11.3 Å². The van der Waals surface area contributed by atoms with Crippen molar-refractivity contribution in [3.8, 4) is 21.9 Å². The molecule has 9 nitrogen and oxygen atoms in total. The molecule has 280 valence electrons. The average molecular weight is 760 g/mol. The summed E-state index contributed by atoms with van der Waals surface area (Å²) in [6.45, 7) is 3.22. The predicted molar refractivity (Wildman–Crippen MR) is 214 cm³/mol. The maximum atomic E-state index is 15.2. The zero-order valence-electron chi connectivity index (χ0n) is 30.4. The Morgan fingerprint density at radius 2 is 1.60 bits per heavy atom. The Bertz CT molecular complexity index is 2500. The van der Waals surface area contributed by atoms with E-state index < -0.39 is 29.4 Å². The van der Waals surface area contributed by atoms with Gasteiger partial charge in [-0.3, -0.25) is 9.36 Å². The number of ether oxygens (including phenoxy) is 1. The van der Waals surface area contributed by atoms with Crippen molar-refractivity contribution in [1.82, 2.24) is 19.4 Å². The molecule has 2 heterocycles. The molecule has 55 heavy (non-hydrogen) atoms. The molecule has 12 heteroatoms. The number of halogens is 2. The quantitative estimate of drug-likeness (QED) is 0.117. The summed E-state index contributed by atoms with van der Waals surface area (Å²) in [6, 6.07) is 26.7. The molecule has 6 aromatic rings. The maximum absolute atomic E-state index is 15.2. The summed E-state index contributed by atoms with van der Waals surface area (Å²) in [7, 11) is 1.97. The molecule has 0 radical (unpaired) electrons. The minimum atomic E-state index is -0.802. The number of carbonyl (C=O) groups is 1. The van der Waals surface area contributed by atoms with Gasteiger partial charge in [0, 0.05) is 35.8 Å². The molecule has 0 saturated heterocycles. The Balaban J connectivity index is 1.37. The Morgan fingerprint density at radius 1 is 0.891 bits per heavy atom. The third-order valence-corrected chi connectivity index (χ3v) is 10.7. The third-order valence-electron chi connectivity index (χ3n) is 9.37. The molecule has 2 N–H and O–H groups in total. The van der Waals surface area contributed by atoms with Crippen LogP contribution in [0.2, 0.25) is 0 Å². The number of anilines is 1. The minimum absolute atomic E-state index is 0.278. The molecule has 0 aliphatic heterocycles. The van der Waals surface area contributed by atoms with E-state index >= 15 is 8.78 Å². The van der Waals surface area contributed by atoms with E-state index in [1.54, 1.807) is 36.4 Å². The fourth-order valence-corrected chi connectivity index (χ4v) is 7.70. The maximum Gasteiger partial charge on any atom is 0.337 e. The molecule has 1 aliphatic carbocycles. The van der Waals surface area contributed by atoms with E-state index in [0.717, 1.165) is 39.1 Å². The van der Waals surface area contributed by atoms with Crippen molar-refractivity contribution < 1.29 is 18.3 Å². The topological polar surface area (TPSA) is 97.6 Å². The third kappa shape index (κ3) is 8.20. The number of carbonyl (C=O) groups excluding carboxylic acids is 1. The van der Waals surface area contributed by atoms with Crippen LogP contribution in [0.3, 0.4) is 0 Å². The number of nitrogens with one attached hydrogen (secondary N) is 2. The molecule has 0 bridgehead atoms. The van der Waals surface area contributed by atoms with Crippen LogP contribution in [0.25, 0.3) is 26.3 Å². The summed E-state index contributed by atoms with van der Waals surface area (Å²) in [5.74, 6) is -1.06. The molecule has 1 aliphatic rings. The number of amides is 2. The van der Waals surface area contributed by atoms with E-state index in [0.29, 0.717) is 48.1 Å². The summed E-state index contributed by atoms with van der Waals surface area (Å²) in [6.07, 6.45) is 6.93. The van der Waals surface area contributed by atoms with Crippen LogP contribution in [0, 0.1) is 11.6 Å². The molecule has 0 fully saturated rings. The van der Waals surface area contributed by atoms with E-state index in [4.69, 9.17) is 4.74 Å². The number of urea groups is 1. The van der Waals surface area contributed by atoms with Crippen molar-refractivity contribution in [2.75, 3.05) is 25.5 Å². The number of thiophene rings is 1. The number of benzene rings is 4. The van der Waals surface area contributed by atoms with Gasteiger partial charge in [0.2, 0.25) is 0 Å². The lowest BCUT2D eigenvalue weighted by atomic mass is 10.0. The van der Waals surface area contributed by atoms with E-state index in [2.05, 4.69) is 27.7 Å². The lowest BCUT2D eigenvalue weighted by Gasteiger charge is -2.19. The van der Waals surface area contributed by atoms with Gasteiger partial charge in [-0.1, -0.05) is 66.8 Å². The van der Waals surface area contributed by atoms with E-state index in [1.807, 2.05) is 62.5 Å². The van der Waals surface area contributed by atoms with Crippen molar-refractivity contribution >= 4 is 33.3 Å². The lowest BCUT2D eigenvalue weighted by molar-refractivity contribution is 0.252. The molecule has 2 aromatic heterocycles. The first-order chi connectivity index (χ1) is 26.7. The van der Waals surface area contributed by atoms with Gasteiger partial charge < -0.3 is 20.3 Å². The second-order valence-electron chi connectivity index (χ2n) is 13.2. The van der Waals surface area contributed by atoms with Crippen LogP contribution in [0.1, 0.15) is 30.0 Å². The molecule has 2 amide bonds. The van der Waals surface area contributed by atoms with Crippen LogP contribution in [0.4, 0.5) is 19.3 Å². The lowest BCUT2D eigenvalue weighted by Crippen LogP contribution is -2.39. The largest absolute Gasteiger partial charge is 0.489 e. The number of hydrogen-bond donors (Lipinski definition) is 2. The second-order valence-corrected chi connectivity index (χ2v) is 14.2. The SMILES string of the molecule is CCNC(=O)Nc1ccc(-c2sc3c(c2CN(C)CCC2=CC=C2)c(=O)n(-c2ccc(OCc4ccccc4)cc2)c(=O)n3Cc2c(F)cccc2F)cc1. The molecule has 0 spiro atoms. The van der Waals surface area contributed by atoms with E-state index in [1.165, 1.54) is 27.5 Å². The summed E-state index contributed by atoms with van der Waals surface area (Å²) < 4.78 is 38.7. The van der Waals surface area contributed by atoms with Gasteiger partial charge in [-0.25, -0.2) is 22.9 Å². The van der Waals surface area contributed by atoms with Crippen molar-refractivity contribution in [2.24, 2.45) is 0 Å². The summed E-state index contributed by atoms with van der Waals surface area (Å²) in [5, 5.41) is 5.78. The zero-order chi connectivity index (χ0) is 38.5. The monoisotopic (exact) mass is 759 g/mol. The molecular formula is C43H39F2N5O4S. The van der Waals surface area contributed by atoms with E-state index in [-0.39, 0.29) is 22.7 Å². The number of fused-ring (bicyclic) bond motifs is 1. The second kappa shape index (κ2) is 16.5. The normalized spacial score (nSPS) is 12.1. The Labute approximate surface area is 320 Å². The van der Waals surface area contributed by atoms with Crippen LogP contribution < -0.4 is 26.6 Å². The number of aromatic nitrogens is 2. The van der Waals surface area contributed by atoms with Gasteiger partial charge in [0.15, 0.2) is 0 Å². The van der Waals surface area contributed by atoms with Crippen LogP contribution in [-0.2, 0) is 19.7 Å². The first-order valence-electron chi connectivity index (χ1n) is 17.9. The molecular weight excluding hydrogens is 721 g/mol. The van der Waals surface area contributed by atoms with E-state index in [9.17, 15) is 14.4 Å². The Kier molecular flexibility index (Phi) is 11.2. The molecule has 0 unspecified atom stereocenters. The van der Waals surface area contributed by atoms with Crippen LogP contribution in [-0.4, -0.2) is 40.2 Å². The molecule has 0 saturated carbocycles. The molecule has 0 atom stereocenters. The summed E-state index contributed by atoms with van der Waals surface area (Å²) in [5.41, 5.74) is 2.89. The number of allylic oxidation sites excluding steroid dienone is 3. The minimum Gasteiger partial charge on any atom is -0.489 e. The molecule has 7 rings (SSSR count). The fraction of sp³-hybridized carbons (Fsp3) is 0.186. The summed E-state index contributed by atoms with van der Waals surface area (Å²) >= 11 is 1.22. The van der Waals surface area contributed by atoms with Gasteiger partial charge in [-0.15, -0.1) is 11.3 Å². The number of nitrogens with zero attached hydrogens (tertiary/aromatic N) is 3. The van der Waals surface area contributed by atoms with Gasteiger partial charge in [0.1, 0.15) is 28.8 Å². The Hall–Kier alpha value is -6.11. The number of hydrogen-bond acceptors (Lipinski definition) is 6. The van der Waals surface area contributed by atoms with Gasteiger partial charge in [0.25, 0.3) is 5.56 Å². The van der Waals surface area contributed by atoms with Gasteiger partial charge in [-0.05, 0) is 91.2 Å². The molecule has 4 aromatic carbocycles.